The number of nitrogens with two attached hydrogens (primary N) is 1. The van der Waals surface area contributed by atoms with Gasteiger partial charge in [-0.1, -0.05) is 6.07 Å². The quantitative estimate of drug-likeness (QED) is 0.789. The van der Waals surface area contributed by atoms with Crippen molar-refractivity contribution in [3.05, 3.63) is 23.8 Å². The number of anilines is 1. The minimum absolute atomic E-state index is 0.0569. The second-order valence-electron chi connectivity index (χ2n) is 9.52. The smallest absolute Gasteiger partial charge is 0.408 e. The van der Waals surface area contributed by atoms with E-state index >= 15 is 0 Å². The van der Waals surface area contributed by atoms with Crippen molar-refractivity contribution in [2.24, 2.45) is 5.73 Å². The Morgan fingerprint density at radius 1 is 1.34 bits per heavy atom. The van der Waals surface area contributed by atoms with Gasteiger partial charge < -0.3 is 30.2 Å². The molecule has 160 valence electrons. The standard InChI is InChI=1S/C22H33N3O4/c1-21(2,3)29-20(26)24-19-12-25(14-22(19)8-4-5-9-28-22)17-7-6-15-10-16(23)13-27-18(15)11-17/h6-7,11,16,19H,4-5,8-10,12-14,23H2,1-3H3,(H,24,26)/t16-,19-,22+/m1/s1. The van der Waals surface area contributed by atoms with Gasteiger partial charge in [-0.25, -0.2) is 4.79 Å². The molecular weight excluding hydrogens is 370 g/mol. The van der Waals surface area contributed by atoms with Crippen LogP contribution in [0.5, 0.6) is 5.75 Å². The zero-order chi connectivity index (χ0) is 20.6. The molecule has 0 aliphatic carbocycles. The third-order valence-electron chi connectivity index (χ3n) is 5.92. The highest BCUT2D eigenvalue weighted by Crippen LogP contribution is 2.38. The van der Waals surface area contributed by atoms with Gasteiger partial charge in [-0.15, -0.1) is 0 Å². The van der Waals surface area contributed by atoms with Gasteiger partial charge in [-0.05, 0) is 58.1 Å². The van der Waals surface area contributed by atoms with Gasteiger partial charge in [0.05, 0.1) is 6.04 Å². The van der Waals surface area contributed by atoms with Crippen LogP contribution in [0.2, 0.25) is 0 Å². The molecule has 0 unspecified atom stereocenters. The van der Waals surface area contributed by atoms with E-state index in [1.54, 1.807) is 0 Å². The number of hydrogen-bond acceptors (Lipinski definition) is 6. The average molecular weight is 404 g/mol. The van der Waals surface area contributed by atoms with Crippen molar-refractivity contribution in [3.63, 3.8) is 0 Å². The summed E-state index contributed by atoms with van der Waals surface area (Å²) < 4.78 is 17.6. The van der Waals surface area contributed by atoms with Crippen LogP contribution in [0, 0.1) is 0 Å². The number of benzene rings is 1. The number of alkyl carbamates (subject to hydrolysis) is 1. The molecule has 29 heavy (non-hydrogen) atoms. The first-order valence-corrected chi connectivity index (χ1v) is 10.6. The fraction of sp³-hybridized carbons (Fsp3) is 0.682. The van der Waals surface area contributed by atoms with E-state index in [1.807, 2.05) is 20.8 Å². The largest absolute Gasteiger partial charge is 0.492 e. The Hall–Kier alpha value is -1.99. The Bertz CT molecular complexity index is 755. The molecule has 1 aromatic rings. The van der Waals surface area contributed by atoms with Crippen molar-refractivity contribution < 1.29 is 19.0 Å². The number of nitrogens with zero attached hydrogens (tertiary/aromatic N) is 1. The minimum atomic E-state index is -0.528. The highest BCUT2D eigenvalue weighted by atomic mass is 16.6. The minimum Gasteiger partial charge on any atom is -0.492 e. The molecule has 0 saturated carbocycles. The molecule has 1 aromatic carbocycles. The van der Waals surface area contributed by atoms with Crippen molar-refractivity contribution in [2.45, 2.75) is 69.7 Å². The predicted molar refractivity (Wildman–Crippen MR) is 112 cm³/mol. The molecule has 7 heteroatoms. The predicted octanol–water partition coefficient (Wildman–Crippen LogP) is 2.60. The van der Waals surface area contributed by atoms with Gasteiger partial charge in [-0.3, -0.25) is 0 Å². The average Bonchev–Trinajstić information content (AvgIpc) is 2.97. The summed E-state index contributed by atoms with van der Waals surface area (Å²) >= 11 is 0. The molecule has 3 heterocycles. The highest BCUT2D eigenvalue weighted by molar-refractivity contribution is 5.69. The SMILES string of the molecule is CC(C)(C)OC(=O)N[C@@H]1CN(c2ccc3c(c2)OC[C@H](N)C3)C[C@@]12CCCCO2. The normalized spacial score (nSPS) is 29.3. The van der Waals surface area contributed by atoms with E-state index in [4.69, 9.17) is 19.9 Å². The van der Waals surface area contributed by atoms with Crippen LogP contribution in [0.1, 0.15) is 45.6 Å². The lowest BCUT2D eigenvalue weighted by Crippen LogP contribution is -2.55. The lowest BCUT2D eigenvalue weighted by Gasteiger charge is -2.38. The van der Waals surface area contributed by atoms with Gasteiger partial charge >= 0.3 is 6.09 Å². The molecule has 0 radical (unpaired) electrons. The summed E-state index contributed by atoms with van der Waals surface area (Å²) in [5, 5.41) is 3.09. The summed E-state index contributed by atoms with van der Waals surface area (Å²) in [6.45, 7) is 8.32. The number of rotatable bonds is 2. The number of carbonyl (C=O) groups excluding carboxylic acids is 1. The number of fused-ring (bicyclic) bond motifs is 1. The Balaban J connectivity index is 1.53. The summed E-state index contributed by atoms with van der Waals surface area (Å²) in [7, 11) is 0. The maximum atomic E-state index is 12.5. The maximum absolute atomic E-state index is 12.5. The van der Waals surface area contributed by atoms with E-state index in [9.17, 15) is 4.79 Å². The Morgan fingerprint density at radius 2 is 2.17 bits per heavy atom. The molecule has 7 nitrogen and oxygen atoms in total. The summed E-state index contributed by atoms with van der Waals surface area (Å²) in [5.41, 5.74) is 7.33. The summed E-state index contributed by atoms with van der Waals surface area (Å²) in [6.07, 6.45) is 3.55. The fourth-order valence-corrected chi connectivity index (χ4v) is 4.56. The van der Waals surface area contributed by atoms with Crippen LogP contribution in [0.3, 0.4) is 0 Å². The summed E-state index contributed by atoms with van der Waals surface area (Å²) in [6, 6.07) is 6.25. The molecule has 3 aliphatic heterocycles. The first kappa shape index (κ1) is 20.3. The lowest BCUT2D eigenvalue weighted by molar-refractivity contribution is -0.0788. The third kappa shape index (κ3) is 4.46. The van der Waals surface area contributed by atoms with Crippen LogP contribution in [-0.2, 0) is 15.9 Å². The van der Waals surface area contributed by atoms with E-state index < -0.39 is 5.60 Å². The van der Waals surface area contributed by atoms with Gasteiger partial charge in [0, 0.05) is 37.5 Å². The van der Waals surface area contributed by atoms with Gasteiger partial charge in [-0.2, -0.15) is 0 Å². The first-order valence-electron chi connectivity index (χ1n) is 10.6. The topological polar surface area (TPSA) is 86.0 Å². The monoisotopic (exact) mass is 403 g/mol. The van der Waals surface area contributed by atoms with Crippen LogP contribution >= 0.6 is 0 Å². The lowest BCUT2D eigenvalue weighted by atomic mass is 9.89. The van der Waals surface area contributed by atoms with Gasteiger partial charge in [0.2, 0.25) is 0 Å². The number of amides is 1. The fourth-order valence-electron chi connectivity index (χ4n) is 4.56. The van der Waals surface area contributed by atoms with Crippen molar-refractivity contribution in [1.29, 1.82) is 0 Å². The Labute approximate surface area is 172 Å². The third-order valence-corrected chi connectivity index (χ3v) is 5.92. The molecule has 2 saturated heterocycles. The number of carbonyl (C=O) groups is 1. The second-order valence-corrected chi connectivity index (χ2v) is 9.52. The van der Waals surface area contributed by atoms with Crippen LogP contribution in [0.25, 0.3) is 0 Å². The number of ether oxygens (including phenoxy) is 3. The van der Waals surface area contributed by atoms with Crippen molar-refractivity contribution in [1.82, 2.24) is 5.32 Å². The molecule has 0 bridgehead atoms. The Kier molecular flexibility index (Phi) is 5.38. The Morgan fingerprint density at radius 3 is 2.90 bits per heavy atom. The van der Waals surface area contributed by atoms with Crippen molar-refractivity contribution in [2.75, 3.05) is 31.2 Å². The molecule has 1 amide bonds. The molecule has 4 rings (SSSR count). The molecule has 3 aliphatic rings. The molecule has 2 fully saturated rings. The highest BCUT2D eigenvalue weighted by Gasteiger charge is 2.49. The number of hydrogen-bond donors (Lipinski definition) is 2. The van der Waals surface area contributed by atoms with Crippen LogP contribution in [0.15, 0.2) is 18.2 Å². The summed E-state index contributed by atoms with van der Waals surface area (Å²) in [5.74, 6) is 0.909. The van der Waals surface area contributed by atoms with Crippen molar-refractivity contribution >= 4 is 11.8 Å². The van der Waals surface area contributed by atoms with Crippen LogP contribution < -0.4 is 20.7 Å². The number of nitrogens with one attached hydrogen (secondary N) is 1. The van der Waals surface area contributed by atoms with Crippen LogP contribution in [0.4, 0.5) is 10.5 Å². The molecule has 0 aromatic heterocycles. The zero-order valence-corrected chi connectivity index (χ0v) is 17.7. The van der Waals surface area contributed by atoms with Gasteiger partial charge in [0.25, 0.3) is 0 Å². The van der Waals surface area contributed by atoms with Gasteiger partial charge in [0.15, 0.2) is 0 Å². The molecular formula is C22H33N3O4. The van der Waals surface area contributed by atoms with Gasteiger partial charge in [0.1, 0.15) is 23.6 Å². The van der Waals surface area contributed by atoms with E-state index in [-0.39, 0.29) is 23.8 Å². The van der Waals surface area contributed by atoms with Crippen LogP contribution in [-0.4, -0.2) is 55.7 Å². The first-order chi connectivity index (χ1) is 13.7. The van der Waals surface area contributed by atoms with E-state index in [0.29, 0.717) is 13.2 Å². The molecule has 3 N–H and O–H groups in total. The van der Waals surface area contributed by atoms with E-state index in [0.717, 1.165) is 55.8 Å². The maximum Gasteiger partial charge on any atom is 0.408 e. The van der Waals surface area contributed by atoms with Crippen molar-refractivity contribution in [3.8, 4) is 5.75 Å². The summed E-state index contributed by atoms with van der Waals surface area (Å²) in [4.78, 5) is 14.8. The second kappa shape index (κ2) is 7.69. The molecule has 3 atom stereocenters. The van der Waals surface area contributed by atoms with E-state index in [2.05, 4.69) is 28.4 Å². The zero-order valence-electron chi connectivity index (χ0n) is 17.7. The van der Waals surface area contributed by atoms with E-state index in [1.165, 1.54) is 0 Å². The molecule has 1 spiro atoms.